The first-order valence-electron chi connectivity index (χ1n) is 8.30. The van der Waals surface area contributed by atoms with Gasteiger partial charge in [0.2, 0.25) is 5.95 Å². The predicted molar refractivity (Wildman–Crippen MR) is 96.7 cm³/mol. The predicted octanol–water partition coefficient (Wildman–Crippen LogP) is 1.13. The maximum atomic E-state index is 12.3. The normalized spacial score (nSPS) is 15.3. The minimum Gasteiger partial charge on any atom is -0.330 e. The highest BCUT2D eigenvalue weighted by Crippen LogP contribution is 2.26. The number of amides is 1. The van der Waals surface area contributed by atoms with E-state index in [9.17, 15) is 13.6 Å². The Labute approximate surface area is 154 Å². The summed E-state index contributed by atoms with van der Waals surface area (Å²) in [4.78, 5) is 24.5. The van der Waals surface area contributed by atoms with Crippen LogP contribution in [0.5, 0.6) is 0 Å². The average Bonchev–Trinajstić information content (AvgIpc) is 2.64. The van der Waals surface area contributed by atoms with Crippen molar-refractivity contribution in [1.29, 1.82) is 0 Å². The molecule has 138 valence electrons. The van der Waals surface area contributed by atoms with E-state index in [1.54, 1.807) is 42.7 Å². The highest BCUT2D eigenvalue weighted by molar-refractivity contribution is 7.99. The number of hydrogen-bond donors (Lipinski definition) is 2. The number of aromatic nitrogens is 2. The molecular weight excluding hydrogens is 360 g/mol. The van der Waals surface area contributed by atoms with Crippen molar-refractivity contribution in [1.82, 2.24) is 9.97 Å². The molecule has 2 aromatic rings. The molecule has 9 heteroatoms. The van der Waals surface area contributed by atoms with Crippen LogP contribution in [-0.4, -0.2) is 54.4 Å². The van der Waals surface area contributed by atoms with Crippen molar-refractivity contribution in [2.24, 2.45) is 0 Å². The molecule has 0 unspecified atom stereocenters. The number of nitrogens with zero attached hydrogens (tertiary/aromatic N) is 3. The van der Waals surface area contributed by atoms with Crippen molar-refractivity contribution >= 4 is 29.3 Å². The van der Waals surface area contributed by atoms with Gasteiger partial charge < -0.3 is 15.1 Å². The van der Waals surface area contributed by atoms with Crippen molar-refractivity contribution < 1.29 is 18.5 Å². The van der Waals surface area contributed by atoms with Crippen molar-refractivity contribution in [3.63, 3.8) is 0 Å². The number of benzene rings is 1. The molecule has 0 aliphatic carbocycles. The van der Waals surface area contributed by atoms with Crippen LogP contribution in [0.4, 0.5) is 20.4 Å². The molecule has 1 fully saturated rings. The molecule has 6 nitrogen and oxygen atoms in total. The molecule has 1 saturated heterocycles. The number of halogens is 2. The largest absolute Gasteiger partial charge is 0.330 e. The SMILES string of the molecule is O=C(C[NH+]1CCN(c2ncccn2)CC1)Nc1ccc(SC(F)F)cc1. The maximum Gasteiger partial charge on any atom is 0.288 e. The number of thioether (sulfide) groups is 1. The highest BCUT2D eigenvalue weighted by Gasteiger charge is 2.23. The molecule has 1 aromatic heterocycles. The van der Waals surface area contributed by atoms with Crippen molar-refractivity contribution in [2.75, 3.05) is 42.9 Å². The number of anilines is 2. The summed E-state index contributed by atoms with van der Waals surface area (Å²) in [6, 6.07) is 8.23. The van der Waals surface area contributed by atoms with Crippen molar-refractivity contribution in [3.8, 4) is 0 Å². The Balaban J connectivity index is 1.44. The third-order valence-electron chi connectivity index (χ3n) is 4.08. The summed E-state index contributed by atoms with van der Waals surface area (Å²) in [5, 5.41) is 2.82. The van der Waals surface area contributed by atoms with Crippen LogP contribution in [0.25, 0.3) is 0 Å². The van der Waals surface area contributed by atoms with Crippen LogP contribution in [0.3, 0.4) is 0 Å². The number of hydrogen-bond acceptors (Lipinski definition) is 5. The molecule has 3 rings (SSSR count). The van der Waals surface area contributed by atoms with Gasteiger partial charge in [-0.2, -0.15) is 8.78 Å². The third-order valence-corrected chi connectivity index (χ3v) is 4.80. The topological polar surface area (TPSA) is 62.6 Å². The van der Waals surface area contributed by atoms with E-state index in [1.165, 1.54) is 4.90 Å². The van der Waals surface area contributed by atoms with Crippen molar-refractivity contribution in [3.05, 3.63) is 42.7 Å². The van der Waals surface area contributed by atoms with Crippen LogP contribution in [-0.2, 0) is 4.79 Å². The second kappa shape index (κ2) is 8.91. The fraction of sp³-hybridized carbons (Fsp3) is 0.353. The van der Waals surface area contributed by atoms with E-state index in [0.29, 0.717) is 28.9 Å². The van der Waals surface area contributed by atoms with Gasteiger partial charge in [0.15, 0.2) is 6.54 Å². The van der Waals surface area contributed by atoms with Gasteiger partial charge in [-0.15, -0.1) is 0 Å². The van der Waals surface area contributed by atoms with E-state index in [1.807, 2.05) is 0 Å². The first-order valence-corrected chi connectivity index (χ1v) is 9.18. The lowest BCUT2D eigenvalue weighted by Crippen LogP contribution is -3.15. The Kier molecular flexibility index (Phi) is 6.35. The second-order valence-corrected chi connectivity index (χ2v) is 6.98. The Morgan fingerprint density at radius 3 is 2.46 bits per heavy atom. The number of nitrogens with one attached hydrogen (secondary N) is 2. The van der Waals surface area contributed by atoms with Crippen LogP contribution in [0.15, 0.2) is 47.6 Å². The van der Waals surface area contributed by atoms with Gasteiger partial charge in [0.05, 0.1) is 26.2 Å². The molecule has 2 N–H and O–H groups in total. The molecule has 1 amide bonds. The summed E-state index contributed by atoms with van der Waals surface area (Å²) in [5.41, 5.74) is 0.615. The van der Waals surface area contributed by atoms with Gasteiger partial charge in [-0.25, -0.2) is 9.97 Å². The standard InChI is InChI=1S/C17H19F2N5OS/c18-16(19)26-14-4-2-13(3-5-14)22-15(25)12-23-8-10-24(11-9-23)17-20-6-1-7-21-17/h1-7,16H,8-12H2,(H,22,25)/p+1. The van der Waals surface area contributed by atoms with Crippen molar-refractivity contribution in [2.45, 2.75) is 10.7 Å². The monoisotopic (exact) mass is 380 g/mol. The van der Waals surface area contributed by atoms with Crippen LogP contribution in [0.2, 0.25) is 0 Å². The molecule has 0 radical (unpaired) electrons. The molecule has 26 heavy (non-hydrogen) atoms. The molecule has 2 heterocycles. The summed E-state index contributed by atoms with van der Waals surface area (Å²) < 4.78 is 24.6. The summed E-state index contributed by atoms with van der Waals surface area (Å²) in [7, 11) is 0. The minimum absolute atomic E-state index is 0.0846. The maximum absolute atomic E-state index is 12.3. The molecule has 0 atom stereocenters. The number of alkyl halides is 2. The third kappa shape index (κ3) is 5.37. The number of rotatable bonds is 6. The summed E-state index contributed by atoms with van der Waals surface area (Å²) in [6.45, 7) is 3.63. The van der Waals surface area contributed by atoms with Gasteiger partial charge in [0.1, 0.15) is 0 Å². The van der Waals surface area contributed by atoms with E-state index >= 15 is 0 Å². The quantitative estimate of drug-likeness (QED) is 0.736. The lowest BCUT2D eigenvalue weighted by atomic mass is 10.3. The molecular formula is C17H20F2N5OS+. The van der Waals surface area contributed by atoms with Crippen LogP contribution in [0.1, 0.15) is 0 Å². The Hall–Kier alpha value is -2.26. The molecule has 0 bridgehead atoms. The highest BCUT2D eigenvalue weighted by atomic mass is 32.2. The van der Waals surface area contributed by atoms with E-state index in [2.05, 4.69) is 20.2 Å². The van der Waals surface area contributed by atoms with Crippen LogP contribution < -0.4 is 15.1 Å². The lowest BCUT2D eigenvalue weighted by molar-refractivity contribution is -0.892. The minimum atomic E-state index is -2.45. The molecule has 0 saturated carbocycles. The van der Waals surface area contributed by atoms with Gasteiger partial charge in [-0.05, 0) is 30.3 Å². The number of quaternary nitrogens is 1. The fourth-order valence-electron chi connectivity index (χ4n) is 2.81. The van der Waals surface area contributed by atoms with Gasteiger partial charge in [0, 0.05) is 23.0 Å². The fourth-order valence-corrected chi connectivity index (χ4v) is 3.31. The Morgan fingerprint density at radius 2 is 1.85 bits per heavy atom. The van der Waals surface area contributed by atoms with Gasteiger partial charge in [-0.3, -0.25) is 4.79 Å². The van der Waals surface area contributed by atoms with Gasteiger partial charge >= 0.3 is 0 Å². The Morgan fingerprint density at radius 1 is 1.19 bits per heavy atom. The van der Waals surface area contributed by atoms with E-state index < -0.39 is 5.76 Å². The van der Waals surface area contributed by atoms with Crippen LogP contribution >= 0.6 is 11.8 Å². The Bertz CT molecular complexity index is 709. The summed E-state index contributed by atoms with van der Waals surface area (Å²) in [6.07, 6.45) is 3.44. The second-order valence-electron chi connectivity index (χ2n) is 5.91. The number of carbonyl (C=O) groups excluding carboxylic acids is 1. The van der Waals surface area contributed by atoms with Gasteiger partial charge in [0.25, 0.3) is 11.7 Å². The van der Waals surface area contributed by atoms with E-state index in [-0.39, 0.29) is 5.91 Å². The lowest BCUT2D eigenvalue weighted by Gasteiger charge is -2.31. The van der Waals surface area contributed by atoms with Gasteiger partial charge in [-0.1, -0.05) is 11.8 Å². The van der Waals surface area contributed by atoms with E-state index in [0.717, 1.165) is 32.1 Å². The molecule has 1 aromatic carbocycles. The smallest absolute Gasteiger partial charge is 0.288 e. The number of carbonyl (C=O) groups is 1. The first kappa shape index (κ1) is 18.5. The number of piperazine rings is 1. The summed E-state index contributed by atoms with van der Waals surface area (Å²) >= 11 is 0.488. The average molecular weight is 380 g/mol. The zero-order valence-electron chi connectivity index (χ0n) is 14.1. The zero-order chi connectivity index (χ0) is 18.4. The molecule has 1 aliphatic heterocycles. The van der Waals surface area contributed by atoms with Crippen LogP contribution in [0, 0.1) is 0 Å². The zero-order valence-corrected chi connectivity index (χ0v) is 14.9. The molecule has 0 spiro atoms. The first-order chi connectivity index (χ1) is 12.6. The summed E-state index contributed by atoms with van der Waals surface area (Å²) in [5.74, 6) is -1.81. The molecule has 1 aliphatic rings. The van der Waals surface area contributed by atoms with E-state index in [4.69, 9.17) is 0 Å².